The van der Waals surface area contributed by atoms with Gasteiger partial charge in [-0.25, -0.2) is 4.39 Å². The van der Waals surface area contributed by atoms with Crippen LogP contribution in [0.2, 0.25) is 0 Å². The SMILES string of the molecule is NCc1sc2cccc(F)c2c1COc1cccnc1. The average molecular weight is 288 g/mol. The van der Waals surface area contributed by atoms with Gasteiger partial charge in [0.2, 0.25) is 0 Å². The van der Waals surface area contributed by atoms with Crippen molar-refractivity contribution in [3.63, 3.8) is 0 Å². The molecule has 0 saturated heterocycles. The van der Waals surface area contributed by atoms with Crippen LogP contribution in [0.15, 0.2) is 42.7 Å². The topological polar surface area (TPSA) is 48.1 Å². The monoisotopic (exact) mass is 288 g/mol. The van der Waals surface area contributed by atoms with Gasteiger partial charge in [-0.15, -0.1) is 11.3 Å². The summed E-state index contributed by atoms with van der Waals surface area (Å²) in [4.78, 5) is 4.94. The second-order valence-electron chi connectivity index (χ2n) is 4.30. The summed E-state index contributed by atoms with van der Waals surface area (Å²) in [5.74, 6) is 0.425. The second-order valence-corrected chi connectivity index (χ2v) is 5.44. The van der Waals surface area contributed by atoms with Crippen LogP contribution in [0.25, 0.3) is 10.1 Å². The van der Waals surface area contributed by atoms with Crippen molar-refractivity contribution in [1.29, 1.82) is 0 Å². The van der Waals surface area contributed by atoms with Crippen LogP contribution in [0.5, 0.6) is 5.75 Å². The first-order valence-electron chi connectivity index (χ1n) is 6.21. The molecule has 3 rings (SSSR count). The minimum absolute atomic E-state index is 0.233. The molecule has 0 fully saturated rings. The van der Waals surface area contributed by atoms with E-state index in [9.17, 15) is 4.39 Å². The van der Waals surface area contributed by atoms with Gasteiger partial charge in [0.05, 0.1) is 6.20 Å². The van der Waals surface area contributed by atoms with E-state index in [0.29, 0.717) is 24.3 Å². The number of ether oxygens (including phenoxy) is 1. The Kier molecular flexibility index (Phi) is 3.62. The van der Waals surface area contributed by atoms with Crippen molar-refractivity contribution in [3.8, 4) is 5.75 Å². The predicted molar refractivity (Wildman–Crippen MR) is 78.2 cm³/mol. The summed E-state index contributed by atoms with van der Waals surface area (Å²) in [6, 6.07) is 8.68. The molecule has 0 radical (unpaired) electrons. The van der Waals surface area contributed by atoms with E-state index in [1.54, 1.807) is 24.5 Å². The maximum atomic E-state index is 14.0. The molecular formula is C15H13FN2OS. The van der Waals surface area contributed by atoms with E-state index in [-0.39, 0.29) is 5.82 Å². The lowest BCUT2D eigenvalue weighted by molar-refractivity contribution is 0.305. The lowest BCUT2D eigenvalue weighted by Crippen LogP contribution is -2.02. The number of thiophene rings is 1. The Balaban J connectivity index is 1.97. The van der Waals surface area contributed by atoms with Gasteiger partial charge in [0, 0.05) is 33.3 Å². The van der Waals surface area contributed by atoms with Crippen LogP contribution >= 0.6 is 11.3 Å². The van der Waals surface area contributed by atoms with E-state index in [2.05, 4.69) is 4.98 Å². The van der Waals surface area contributed by atoms with Gasteiger partial charge in [-0.1, -0.05) is 6.07 Å². The van der Waals surface area contributed by atoms with Crippen molar-refractivity contribution >= 4 is 21.4 Å². The molecule has 0 aliphatic rings. The number of fused-ring (bicyclic) bond motifs is 1. The van der Waals surface area contributed by atoms with Crippen molar-refractivity contribution < 1.29 is 9.13 Å². The summed E-state index contributed by atoms with van der Waals surface area (Å²) >= 11 is 1.51. The number of benzene rings is 1. The molecule has 5 heteroatoms. The molecule has 1 aromatic carbocycles. The third-order valence-corrected chi connectivity index (χ3v) is 4.27. The Morgan fingerprint density at radius 1 is 1.25 bits per heavy atom. The molecule has 2 aromatic heterocycles. The number of nitrogens with zero attached hydrogens (tertiary/aromatic N) is 1. The molecule has 3 aromatic rings. The minimum Gasteiger partial charge on any atom is -0.487 e. The Morgan fingerprint density at radius 2 is 2.15 bits per heavy atom. The van der Waals surface area contributed by atoms with Gasteiger partial charge in [0.1, 0.15) is 18.2 Å². The highest BCUT2D eigenvalue weighted by atomic mass is 32.1. The van der Waals surface area contributed by atoms with Crippen molar-refractivity contribution in [2.75, 3.05) is 0 Å². The van der Waals surface area contributed by atoms with Gasteiger partial charge >= 0.3 is 0 Å². The number of hydrogen-bond donors (Lipinski definition) is 1. The zero-order valence-electron chi connectivity index (χ0n) is 10.7. The zero-order valence-corrected chi connectivity index (χ0v) is 11.5. The van der Waals surface area contributed by atoms with Crippen molar-refractivity contribution in [2.24, 2.45) is 5.73 Å². The van der Waals surface area contributed by atoms with Gasteiger partial charge in [-0.3, -0.25) is 4.98 Å². The molecule has 3 nitrogen and oxygen atoms in total. The first-order chi connectivity index (χ1) is 9.79. The largest absolute Gasteiger partial charge is 0.487 e. The molecule has 0 aliphatic heterocycles. The molecule has 0 spiro atoms. The van der Waals surface area contributed by atoms with E-state index >= 15 is 0 Å². The molecule has 0 aliphatic carbocycles. The van der Waals surface area contributed by atoms with E-state index in [0.717, 1.165) is 15.1 Å². The highest BCUT2D eigenvalue weighted by molar-refractivity contribution is 7.19. The van der Waals surface area contributed by atoms with Crippen molar-refractivity contribution in [2.45, 2.75) is 13.2 Å². The Morgan fingerprint density at radius 3 is 2.90 bits per heavy atom. The molecule has 0 amide bonds. The maximum Gasteiger partial charge on any atom is 0.138 e. The Bertz CT molecular complexity index is 727. The Hall–Kier alpha value is -1.98. The fraction of sp³-hybridized carbons (Fsp3) is 0.133. The number of pyridine rings is 1. The smallest absolute Gasteiger partial charge is 0.138 e. The second kappa shape index (κ2) is 5.56. The van der Waals surface area contributed by atoms with Crippen LogP contribution < -0.4 is 10.5 Å². The lowest BCUT2D eigenvalue weighted by atomic mass is 10.1. The maximum absolute atomic E-state index is 14.0. The summed E-state index contributed by atoms with van der Waals surface area (Å²) in [5.41, 5.74) is 6.58. The number of hydrogen-bond acceptors (Lipinski definition) is 4. The average Bonchev–Trinajstić information content (AvgIpc) is 2.85. The molecule has 2 N–H and O–H groups in total. The molecule has 0 saturated carbocycles. The van der Waals surface area contributed by atoms with Gasteiger partial charge in [-0.2, -0.15) is 0 Å². The fourth-order valence-electron chi connectivity index (χ4n) is 2.12. The van der Waals surface area contributed by atoms with Gasteiger partial charge in [-0.05, 0) is 24.3 Å². The van der Waals surface area contributed by atoms with Crippen molar-refractivity contribution in [1.82, 2.24) is 4.98 Å². The lowest BCUT2D eigenvalue weighted by Gasteiger charge is -2.07. The molecule has 0 atom stereocenters. The first-order valence-corrected chi connectivity index (χ1v) is 7.03. The van der Waals surface area contributed by atoms with Gasteiger partial charge < -0.3 is 10.5 Å². The number of aromatic nitrogens is 1. The van der Waals surface area contributed by atoms with E-state index in [4.69, 9.17) is 10.5 Å². The summed E-state index contributed by atoms with van der Waals surface area (Å²) in [6.07, 6.45) is 3.31. The summed E-state index contributed by atoms with van der Waals surface area (Å²) < 4.78 is 20.6. The zero-order chi connectivity index (χ0) is 13.9. The van der Waals surface area contributed by atoms with Crippen LogP contribution in [-0.2, 0) is 13.2 Å². The number of rotatable bonds is 4. The molecule has 0 bridgehead atoms. The van der Waals surface area contributed by atoms with E-state index in [1.165, 1.54) is 17.4 Å². The van der Waals surface area contributed by atoms with E-state index < -0.39 is 0 Å². The highest BCUT2D eigenvalue weighted by Crippen LogP contribution is 2.33. The Labute approximate surface area is 119 Å². The predicted octanol–water partition coefficient (Wildman–Crippen LogP) is 3.47. The fourth-order valence-corrected chi connectivity index (χ4v) is 3.22. The molecule has 20 heavy (non-hydrogen) atoms. The van der Waals surface area contributed by atoms with Crippen LogP contribution in [0.4, 0.5) is 4.39 Å². The first kappa shape index (κ1) is 13.0. The molecule has 2 heterocycles. The summed E-state index contributed by atoms with van der Waals surface area (Å²) in [5, 5.41) is 0.613. The van der Waals surface area contributed by atoms with Crippen LogP contribution in [0, 0.1) is 5.82 Å². The quantitative estimate of drug-likeness (QED) is 0.799. The number of halogens is 1. The van der Waals surface area contributed by atoms with Gasteiger partial charge in [0.25, 0.3) is 0 Å². The van der Waals surface area contributed by atoms with Crippen LogP contribution in [0.1, 0.15) is 10.4 Å². The molecule has 102 valence electrons. The molecule has 0 unspecified atom stereocenters. The molecular weight excluding hydrogens is 275 g/mol. The van der Waals surface area contributed by atoms with Gasteiger partial charge in [0.15, 0.2) is 0 Å². The minimum atomic E-state index is -0.233. The number of nitrogens with two attached hydrogens (primary N) is 1. The van der Waals surface area contributed by atoms with Crippen LogP contribution in [0.3, 0.4) is 0 Å². The summed E-state index contributed by atoms with van der Waals surface area (Å²) in [6.45, 7) is 0.670. The third kappa shape index (κ3) is 2.37. The standard InChI is InChI=1S/C15H13FN2OS/c16-12-4-1-5-13-15(12)11(14(7-17)20-13)9-19-10-3-2-6-18-8-10/h1-6,8H,7,9,17H2. The summed E-state index contributed by atoms with van der Waals surface area (Å²) in [7, 11) is 0. The normalized spacial score (nSPS) is 10.9. The van der Waals surface area contributed by atoms with E-state index in [1.807, 2.05) is 12.1 Å². The van der Waals surface area contributed by atoms with Crippen molar-refractivity contribution in [3.05, 3.63) is 59.0 Å². The van der Waals surface area contributed by atoms with Crippen LogP contribution in [-0.4, -0.2) is 4.98 Å². The highest BCUT2D eigenvalue weighted by Gasteiger charge is 2.15. The third-order valence-electron chi connectivity index (χ3n) is 3.05.